The Bertz CT molecular complexity index is 618. The number of allylic oxidation sites excluding steroid dienone is 13. The maximum atomic E-state index is 8.94. The standard InChI is InChI=1S/C16H14N4O.2ClH/c17-15-16-11-7-5-3-1-2-4-6-10-14-21-20-19-18-13-9-8-12-16;;/h1-14H;2*1H/b2-1-,5-3-,6-4-,9-8-,11-7?,14-10-,16-12?,18-13-,20-19-;;. The van der Waals surface area contributed by atoms with Crippen LogP contribution in [0.25, 0.3) is 0 Å². The quantitative estimate of drug-likeness (QED) is 0.619. The molecular weight excluding hydrogens is 335 g/mol. The van der Waals surface area contributed by atoms with Gasteiger partial charge in [0.15, 0.2) is 0 Å². The summed E-state index contributed by atoms with van der Waals surface area (Å²) in [5.41, 5.74) is 0.528. The van der Waals surface area contributed by atoms with Gasteiger partial charge in [-0.1, -0.05) is 48.6 Å². The summed E-state index contributed by atoms with van der Waals surface area (Å²) >= 11 is 0. The number of halogens is 2. The molecule has 0 unspecified atom stereocenters. The van der Waals surface area contributed by atoms with Crippen molar-refractivity contribution >= 4 is 31.0 Å². The van der Waals surface area contributed by atoms with Crippen LogP contribution in [-0.4, -0.2) is 6.21 Å². The maximum absolute atomic E-state index is 8.94. The average molecular weight is 351 g/mol. The molecule has 0 fully saturated rings. The summed E-state index contributed by atoms with van der Waals surface area (Å²) in [7, 11) is 0. The van der Waals surface area contributed by atoms with Crippen molar-refractivity contribution in [2.24, 2.45) is 15.6 Å². The zero-order valence-corrected chi connectivity index (χ0v) is 13.7. The molecule has 120 valence electrons. The molecule has 0 spiro atoms. The second-order valence-corrected chi connectivity index (χ2v) is 3.50. The Morgan fingerprint density at radius 3 is 2.17 bits per heavy atom. The molecule has 7 heteroatoms. The van der Waals surface area contributed by atoms with Gasteiger partial charge in [-0.2, -0.15) is 5.26 Å². The Labute approximate surface area is 147 Å². The van der Waals surface area contributed by atoms with Crippen molar-refractivity contribution in [2.75, 3.05) is 0 Å². The third kappa shape index (κ3) is 14.0. The van der Waals surface area contributed by atoms with Gasteiger partial charge in [-0.25, -0.2) is 0 Å². The van der Waals surface area contributed by atoms with Crippen molar-refractivity contribution in [2.45, 2.75) is 0 Å². The Kier molecular flexibility index (Phi) is 17.1. The highest BCUT2D eigenvalue weighted by atomic mass is 35.5. The van der Waals surface area contributed by atoms with Crippen molar-refractivity contribution in [3.05, 3.63) is 84.7 Å². The van der Waals surface area contributed by atoms with Crippen LogP contribution in [0.15, 0.2) is 100 Å². The van der Waals surface area contributed by atoms with Gasteiger partial charge in [0, 0.05) is 0 Å². The molecule has 0 N–H and O–H groups in total. The molecule has 1 aliphatic heterocycles. The van der Waals surface area contributed by atoms with Crippen LogP contribution in [0.5, 0.6) is 0 Å². The van der Waals surface area contributed by atoms with Gasteiger partial charge < -0.3 is 4.84 Å². The molecule has 0 aromatic rings. The average Bonchev–Trinajstić information content (AvgIpc) is 2.51. The fourth-order valence-corrected chi connectivity index (χ4v) is 1.10. The fraction of sp³-hybridized carbons (Fsp3) is 0. The van der Waals surface area contributed by atoms with E-state index >= 15 is 0 Å². The molecule has 5 nitrogen and oxygen atoms in total. The second-order valence-electron chi connectivity index (χ2n) is 3.50. The largest absolute Gasteiger partial charge is 0.346 e. The van der Waals surface area contributed by atoms with E-state index in [1.807, 2.05) is 30.4 Å². The molecule has 1 rings (SSSR count). The van der Waals surface area contributed by atoms with Crippen LogP contribution in [0.3, 0.4) is 0 Å². The van der Waals surface area contributed by atoms with E-state index in [1.54, 1.807) is 42.5 Å². The normalized spacial score (nSPS) is 24.0. The topological polar surface area (TPSA) is 70.1 Å². The summed E-state index contributed by atoms with van der Waals surface area (Å²) in [5.74, 6) is 0. The molecule has 23 heavy (non-hydrogen) atoms. The van der Waals surface area contributed by atoms with Crippen molar-refractivity contribution in [3.63, 3.8) is 0 Å². The molecule has 0 aromatic carbocycles. The monoisotopic (exact) mass is 350 g/mol. The lowest BCUT2D eigenvalue weighted by atomic mass is 10.2. The highest BCUT2D eigenvalue weighted by molar-refractivity contribution is 5.85. The number of nitrogens with zero attached hydrogens (tertiary/aromatic N) is 4. The molecule has 0 aromatic heterocycles. The Hall–Kier alpha value is -2.68. The molecular formula is C16H16Cl2N4O. The van der Waals surface area contributed by atoms with Crippen LogP contribution >= 0.6 is 24.8 Å². The van der Waals surface area contributed by atoms with Gasteiger partial charge >= 0.3 is 0 Å². The summed E-state index contributed by atoms with van der Waals surface area (Å²) in [4.78, 5) is 4.72. The first-order chi connectivity index (χ1) is 10.4. The van der Waals surface area contributed by atoms with E-state index in [-0.39, 0.29) is 24.8 Å². The highest BCUT2D eigenvalue weighted by Crippen LogP contribution is 1.96. The fourth-order valence-electron chi connectivity index (χ4n) is 1.10. The lowest BCUT2D eigenvalue weighted by molar-refractivity contribution is 0.237. The van der Waals surface area contributed by atoms with Gasteiger partial charge in [0.05, 0.1) is 23.1 Å². The van der Waals surface area contributed by atoms with E-state index in [2.05, 4.69) is 21.7 Å². The predicted octanol–water partition coefficient (Wildman–Crippen LogP) is 4.96. The Balaban J connectivity index is 0. The van der Waals surface area contributed by atoms with Gasteiger partial charge in [-0.15, -0.1) is 29.9 Å². The van der Waals surface area contributed by atoms with E-state index < -0.39 is 0 Å². The van der Waals surface area contributed by atoms with E-state index in [0.29, 0.717) is 5.57 Å². The van der Waals surface area contributed by atoms with Gasteiger partial charge in [-0.05, 0) is 29.5 Å². The summed E-state index contributed by atoms with van der Waals surface area (Å²) < 4.78 is 0. The highest BCUT2D eigenvalue weighted by Gasteiger charge is 1.83. The minimum Gasteiger partial charge on any atom is -0.346 e. The lowest BCUT2D eigenvalue weighted by Gasteiger charge is -1.82. The summed E-state index contributed by atoms with van der Waals surface area (Å²) in [6.45, 7) is 0. The predicted molar refractivity (Wildman–Crippen MR) is 97.5 cm³/mol. The number of rotatable bonds is 0. The van der Waals surface area contributed by atoms with Crippen LogP contribution in [0.2, 0.25) is 0 Å². The first-order valence-corrected chi connectivity index (χ1v) is 6.13. The molecule has 0 atom stereocenters. The molecule has 1 heterocycles. The van der Waals surface area contributed by atoms with E-state index in [0.717, 1.165) is 0 Å². The minimum absolute atomic E-state index is 0. The summed E-state index contributed by atoms with van der Waals surface area (Å²) in [6.07, 6.45) is 24.0. The molecule has 0 bridgehead atoms. The first kappa shape index (κ1) is 22.6. The van der Waals surface area contributed by atoms with Crippen molar-refractivity contribution in [3.8, 4) is 6.07 Å². The SMILES string of the molecule is Cl.Cl.N#CC1=C\C=C/C=N\N=N/O\C=C/C=C\C=C/C=C\C=C1. The summed E-state index contributed by atoms with van der Waals surface area (Å²) in [6, 6.07) is 2.08. The lowest BCUT2D eigenvalue weighted by Crippen LogP contribution is -1.69. The summed E-state index contributed by atoms with van der Waals surface area (Å²) in [5, 5.41) is 19.3. The zero-order chi connectivity index (χ0) is 15.0. The molecule has 0 aliphatic carbocycles. The molecule has 0 amide bonds. The third-order valence-corrected chi connectivity index (χ3v) is 2.00. The zero-order valence-electron chi connectivity index (χ0n) is 12.1. The molecule has 0 radical (unpaired) electrons. The molecule has 0 saturated heterocycles. The second kappa shape index (κ2) is 17.4. The van der Waals surface area contributed by atoms with Gasteiger partial charge in [0.2, 0.25) is 0 Å². The molecule has 0 saturated carbocycles. The van der Waals surface area contributed by atoms with Crippen LogP contribution in [0, 0.1) is 11.3 Å². The van der Waals surface area contributed by atoms with Crippen LogP contribution in [0.4, 0.5) is 0 Å². The van der Waals surface area contributed by atoms with Crippen molar-refractivity contribution in [1.29, 1.82) is 5.26 Å². The number of hydrogen-bond acceptors (Lipinski definition) is 5. The Morgan fingerprint density at radius 2 is 1.48 bits per heavy atom. The van der Waals surface area contributed by atoms with Gasteiger partial charge in [0.1, 0.15) is 6.26 Å². The van der Waals surface area contributed by atoms with E-state index in [4.69, 9.17) is 10.1 Å². The van der Waals surface area contributed by atoms with E-state index in [1.165, 1.54) is 12.5 Å². The van der Waals surface area contributed by atoms with Crippen LogP contribution < -0.4 is 0 Å². The van der Waals surface area contributed by atoms with Gasteiger partial charge in [0.25, 0.3) is 0 Å². The van der Waals surface area contributed by atoms with E-state index in [9.17, 15) is 0 Å². The van der Waals surface area contributed by atoms with Crippen LogP contribution in [0.1, 0.15) is 0 Å². The molecule has 1 aliphatic rings. The third-order valence-electron chi connectivity index (χ3n) is 2.00. The maximum Gasteiger partial charge on any atom is 0.124 e. The smallest absolute Gasteiger partial charge is 0.124 e. The number of hydrogen-bond donors (Lipinski definition) is 0. The number of nitriles is 1. The van der Waals surface area contributed by atoms with Crippen molar-refractivity contribution < 1.29 is 4.84 Å². The van der Waals surface area contributed by atoms with Crippen LogP contribution in [-0.2, 0) is 4.84 Å². The first-order valence-electron chi connectivity index (χ1n) is 6.13. The van der Waals surface area contributed by atoms with Crippen molar-refractivity contribution in [1.82, 2.24) is 0 Å². The van der Waals surface area contributed by atoms with Gasteiger partial charge in [-0.3, -0.25) is 0 Å². The minimum atomic E-state index is 0. The Morgan fingerprint density at radius 1 is 0.826 bits per heavy atom.